The van der Waals surface area contributed by atoms with Crippen molar-refractivity contribution < 1.29 is 4.79 Å². The maximum atomic E-state index is 11.8. The summed E-state index contributed by atoms with van der Waals surface area (Å²) in [5.41, 5.74) is 6.95. The van der Waals surface area contributed by atoms with E-state index in [4.69, 9.17) is 5.73 Å². The van der Waals surface area contributed by atoms with Gasteiger partial charge in [-0.05, 0) is 23.1 Å². The van der Waals surface area contributed by atoms with Gasteiger partial charge < -0.3 is 5.73 Å². The Kier molecular flexibility index (Phi) is 4.19. The van der Waals surface area contributed by atoms with Crippen molar-refractivity contribution in [3.63, 3.8) is 0 Å². The molecule has 0 fully saturated rings. The highest BCUT2D eigenvalue weighted by molar-refractivity contribution is 5.81. The molecule has 0 radical (unpaired) electrons. The monoisotopic (exact) mass is 220 g/mol. The molecule has 0 aliphatic heterocycles. The lowest BCUT2D eigenvalue weighted by molar-refractivity contribution is -0.119. The Morgan fingerprint density at radius 3 is 2.44 bits per heavy atom. The van der Waals surface area contributed by atoms with Crippen molar-refractivity contribution in [1.29, 1.82) is 0 Å². The van der Waals surface area contributed by atoms with Gasteiger partial charge in [0.05, 0.1) is 0 Å². The van der Waals surface area contributed by atoms with Crippen molar-refractivity contribution in [3.05, 3.63) is 30.1 Å². The Labute approximate surface area is 97.1 Å². The van der Waals surface area contributed by atoms with Gasteiger partial charge in [0.2, 0.25) is 0 Å². The number of ketones is 1. The number of nitrogens with zero attached hydrogens (tertiary/aromatic N) is 1. The molecule has 0 aromatic carbocycles. The second-order valence-electron chi connectivity index (χ2n) is 5.25. The highest BCUT2D eigenvalue weighted by Gasteiger charge is 2.22. The van der Waals surface area contributed by atoms with Crippen molar-refractivity contribution in [2.24, 2.45) is 11.1 Å². The molecule has 0 aliphatic carbocycles. The molecule has 3 nitrogen and oxygen atoms in total. The van der Waals surface area contributed by atoms with E-state index in [1.807, 2.05) is 12.1 Å². The lowest BCUT2D eigenvalue weighted by Gasteiger charge is -2.26. The van der Waals surface area contributed by atoms with Gasteiger partial charge in [-0.15, -0.1) is 0 Å². The third kappa shape index (κ3) is 4.11. The Morgan fingerprint density at radius 1 is 1.38 bits per heavy atom. The van der Waals surface area contributed by atoms with Crippen molar-refractivity contribution in [2.45, 2.75) is 39.7 Å². The zero-order chi connectivity index (χ0) is 12.2. The summed E-state index contributed by atoms with van der Waals surface area (Å²) < 4.78 is 0. The molecule has 1 aromatic rings. The molecule has 3 heteroatoms. The van der Waals surface area contributed by atoms with Crippen LogP contribution in [0.1, 0.15) is 32.8 Å². The Balaban J connectivity index is 2.49. The summed E-state index contributed by atoms with van der Waals surface area (Å²) in [4.78, 5) is 15.7. The third-order valence-corrected chi connectivity index (χ3v) is 2.71. The van der Waals surface area contributed by atoms with Crippen LogP contribution in [0.2, 0.25) is 0 Å². The predicted molar refractivity (Wildman–Crippen MR) is 65.0 cm³/mol. The summed E-state index contributed by atoms with van der Waals surface area (Å²) in [5, 5.41) is 0. The van der Waals surface area contributed by atoms with E-state index in [0.29, 0.717) is 12.8 Å². The fraction of sp³-hybridized carbons (Fsp3) is 0.538. The molecule has 1 rings (SSSR count). The fourth-order valence-electron chi connectivity index (χ4n) is 1.35. The standard InChI is InChI=1S/C13H20N2O/c1-13(2,3)12(14)9-11(16)8-10-4-6-15-7-5-10/h4-7,12H,8-9,14H2,1-3H3. The molecule has 0 saturated heterocycles. The highest BCUT2D eigenvalue weighted by Crippen LogP contribution is 2.20. The third-order valence-electron chi connectivity index (χ3n) is 2.71. The molecule has 0 aliphatic rings. The Bertz CT molecular complexity index is 341. The van der Waals surface area contributed by atoms with Crippen molar-refractivity contribution in [2.75, 3.05) is 0 Å². The maximum Gasteiger partial charge on any atom is 0.138 e. The summed E-state index contributed by atoms with van der Waals surface area (Å²) in [6.45, 7) is 6.16. The van der Waals surface area contributed by atoms with Gasteiger partial charge in [-0.1, -0.05) is 20.8 Å². The number of hydrogen-bond donors (Lipinski definition) is 1. The number of rotatable bonds is 4. The summed E-state index contributed by atoms with van der Waals surface area (Å²) in [5.74, 6) is 0.189. The summed E-state index contributed by atoms with van der Waals surface area (Å²) in [6, 6.07) is 3.64. The average molecular weight is 220 g/mol. The normalized spacial score (nSPS) is 13.5. The number of nitrogens with two attached hydrogens (primary N) is 1. The van der Waals surface area contributed by atoms with Crippen LogP contribution in [0.5, 0.6) is 0 Å². The summed E-state index contributed by atoms with van der Waals surface area (Å²) in [6.07, 6.45) is 4.29. The van der Waals surface area contributed by atoms with Crippen LogP contribution in [0.25, 0.3) is 0 Å². The number of aromatic nitrogens is 1. The summed E-state index contributed by atoms with van der Waals surface area (Å²) in [7, 11) is 0. The van der Waals surface area contributed by atoms with E-state index in [-0.39, 0.29) is 17.2 Å². The van der Waals surface area contributed by atoms with Crippen LogP contribution in [0.15, 0.2) is 24.5 Å². The first-order valence-corrected chi connectivity index (χ1v) is 5.56. The second-order valence-corrected chi connectivity index (χ2v) is 5.25. The molecule has 88 valence electrons. The van der Waals surface area contributed by atoms with Gasteiger partial charge in [-0.3, -0.25) is 9.78 Å². The maximum absolute atomic E-state index is 11.8. The number of carbonyl (C=O) groups excluding carboxylic acids is 1. The predicted octanol–water partition coefficient (Wildman–Crippen LogP) is 1.96. The molecule has 1 unspecified atom stereocenters. The highest BCUT2D eigenvalue weighted by atomic mass is 16.1. The largest absolute Gasteiger partial charge is 0.327 e. The minimum atomic E-state index is -0.0816. The van der Waals surface area contributed by atoms with Crippen LogP contribution in [-0.4, -0.2) is 16.8 Å². The molecule has 0 saturated carbocycles. The lowest BCUT2D eigenvalue weighted by Crippen LogP contribution is -2.37. The number of hydrogen-bond acceptors (Lipinski definition) is 3. The van der Waals surface area contributed by atoms with E-state index in [1.165, 1.54) is 0 Å². The van der Waals surface area contributed by atoms with E-state index in [2.05, 4.69) is 25.8 Å². The van der Waals surface area contributed by atoms with Gasteiger partial charge >= 0.3 is 0 Å². The number of Topliss-reactive ketones (excluding diaryl/α,β-unsaturated/α-hetero) is 1. The molecule has 0 bridgehead atoms. The van der Waals surface area contributed by atoms with Gasteiger partial charge in [0, 0.05) is 31.3 Å². The average Bonchev–Trinajstić information content (AvgIpc) is 2.17. The molecule has 16 heavy (non-hydrogen) atoms. The topological polar surface area (TPSA) is 56.0 Å². The SMILES string of the molecule is CC(C)(C)C(N)CC(=O)Cc1ccncc1. The smallest absolute Gasteiger partial charge is 0.138 e. The molecule has 0 amide bonds. The van der Waals surface area contributed by atoms with Gasteiger partial charge in [-0.2, -0.15) is 0 Å². The molecule has 0 spiro atoms. The van der Waals surface area contributed by atoms with Crippen LogP contribution in [0.4, 0.5) is 0 Å². The first-order chi connectivity index (χ1) is 7.39. The van der Waals surface area contributed by atoms with Crippen LogP contribution >= 0.6 is 0 Å². The Hall–Kier alpha value is -1.22. The van der Waals surface area contributed by atoms with Crippen LogP contribution in [-0.2, 0) is 11.2 Å². The van der Waals surface area contributed by atoms with Gasteiger partial charge in [-0.25, -0.2) is 0 Å². The molecule has 1 aromatic heterocycles. The van der Waals surface area contributed by atoms with Gasteiger partial charge in [0.25, 0.3) is 0 Å². The van der Waals surface area contributed by atoms with E-state index < -0.39 is 0 Å². The van der Waals surface area contributed by atoms with Crippen molar-refractivity contribution in [1.82, 2.24) is 4.98 Å². The Morgan fingerprint density at radius 2 is 1.94 bits per heavy atom. The number of pyridine rings is 1. The van der Waals surface area contributed by atoms with Crippen LogP contribution in [0, 0.1) is 5.41 Å². The van der Waals surface area contributed by atoms with E-state index in [0.717, 1.165) is 5.56 Å². The van der Waals surface area contributed by atoms with Crippen molar-refractivity contribution >= 4 is 5.78 Å². The van der Waals surface area contributed by atoms with Gasteiger partial charge in [0.15, 0.2) is 0 Å². The zero-order valence-electron chi connectivity index (χ0n) is 10.2. The molecule has 2 N–H and O–H groups in total. The molecular formula is C13H20N2O. The number of carbonyl (C=O) groups is 1. The van der Waals surface area contributed by atoms with Crippen molar-refractivity contribution in [3.8, 4) is 0 Å². The fourth-order valence-corrected chi connectivity index (χ4v) is 1.35. The molecule has 1 heterocycles. The van der Waals surface area contributed by atoms with E-state index in [1.54, 1.807) is 12.4 Å². The summed E-state index contributed by atoms with van der Waals surface area (Å²) >= 11 is 0. The van der Waals surface area contributed by atoms with Crippen LogP contribution < -0.4 is 5.73 Å². The molecule has 1 atom stereocenters. The first-order valence-electron chi connectivity index (χ1n) is 5.56. The zero-order valence-corrected chi connectivity index (χ0v) is 10.2. The van der Waals surface area contributed by atoms with E-state index >= 15 is 0 Å². The quantitative estimate of drug-likeness (QED) is 0.843. The van der Waals surface area contributed by atoms with Crippen LogP contribution in [0.3, 0.4) is 0 Å². The minimum Gasteiger partial charge on any atom is -0.327 e. The second kappa shape index (κ2) is 5.21. The van der Waals surface area contributed by atoms with Gasteiger partial charge in [0.1, 0.15) is 5.78 Å². The first kappa shape index (κ1) is 12.8. The molecular weight excluding hydrogens is 200 g/mol. The van der Waals surface area contributed by atoms with E-state index in [9.17, 15) is 4.79 Å². The minimum absolute atomic E-state index is 0.0199. The lowest BCUT2D eigenvalue weighted by atomic mass is 9.84.